The first-order valence-corrected chi connectivity index (χ1v) is 6.07. The minimum atomic E-state index is -0.730. The highest BCUT2D eigenvalue weighted by Crippen LogP contribution is 2.26. The Balaban J connectivity index is 2.36. The van der Waals surface area contributed by atoms with Crippen molar-refractivity contribution in [2.75, 3.05) is 0 Å². The fourth-order valence-electron chi connectivity index (χ4n) is 1.72. The van der Waals surface area contributed by atoms with E-state index in [-0.39, 0.29) is 5.82 Å². The monoisotopic (exact) mass is 294 g/mol. The maximum Gasteiger partial charge on any atom is 0.137 e. The van der Waals surface area contributed by atoms with Crippen LogP contribution in [-0.2, 0) is 0 Å². The Morgan fingerprint density at radius 2 is 1.82 bits per heavy atom. The second-order valence-electron chi connectivity index (χ2n) is 3.99. The molecule has 0 heterocycles. The van der Waals surface area contributed by atoms with E-state index < -0.39 is 6.10 Å². The fourth-order valence-corrected chi connectivity index (χ4v) is 2.11. The molecule has 1 atom stereocenters. The van der Waals surface area contributed by atoms with Gasteiger partial charge in [-0.05, 0) is 46.1 Å². The maximum absolute atomic E-state index is 13.1. The molecule has 0 saturated carbocycles. The topological polar surface area (TPSA) is 20.2 Å². The molecule has 0 saturated heterocycles. The number of hydrogen-bond acceptors (Lipinski definition) is 1. The van der Waals surface area contributed by atoms with Gasteiger partial charge < -0.3 is 5.11 Å². The van der Waals surface area contributed by atoms with Crippen molar-refractivity contribution in [1.29, 1.82) is 0 Å². The van der Waals surface area contributed by atoms with Gasteiger partial charge in [0.25, 0.3) is 0 Å². The largest absolute Gasteiger partial charge is 0.384 e. The Bertz CT molecular complexity index is 539. The molecule has 2 aromatic carbocycles. The number of hydrogen-bond donors (Lipinski definition) is 1. The number of benzene rings is 2. The lowest BCUT2D eigenvalue weighted by atomic mass is 10.0. The van der Waals surface area contributed by atoms with E-state index in [4.69, 9.17) is 0 Å². The summed E-state index contributed by atoms with van der Waals surface area (Å²) in [7, 11) is 0. The molecular weight excluding hydrogens is 283 g/mol. The van der Waals surface area contributed by atoms with Crippen molar-refractivity contribution in [2.45, 2.75) is 13.0 Å². The van der Waals surface area contributed by atoms with Crippen LogP contribution in [0.25, 0.3) is 0 Å². The van der Waals surface area contributed by atoms with Crippen LogP contribution in [0.15, 0.2) is 46.9 Å². The van der Waals surface area contributed by atoms with Gasteiger partial charge >= 0.3 is 0 Å². The Labute approximate surface area is 108 Å². The fraction of sp³-hybridized carbons (Fsp3) is 0.143. The van der Waals surface area contributed by atoms with Crippen molar-refractivity contribution in [3.05, 3.63) is 69.4 Å². The third-order valence-corrected chi connectivity index (χ3v) is 3.22. The highest BCUT2D eigenvalue weighted by atomic mass is 79.9. The maximum atomic E-state index is 13.1. The smallest absolute Gasteiger partial charge is 0.137 e. The Morgan fingerprint density at radius 1 is 1.12 bits per heavy atom. The lowest BCUT2D eigenvalue weighted by molar-refractivity contribution is 0.220. The van der Waals surface area contributed by atoms with Gasteiger partial charge in [-0.15, -0.1) is 0 Å². The minimum Gasteiger partial charge on any atom is -0.384 e. The molecule has 0 amide bonds. The Kier molecular flexibility index (Phi) is 3.60. The summed E-state index contributed by atoms with van der Waals surface area (Å²) in [4.78, 5) is 0. The standard InChI is InChI=1S/C14H12BrFO/c1-9-3-2-4-10(7-9)14(17)11-5-6-13(16)12(15)8-11/h2-8,14,17H,1H3. The van der Waals surface area contributed by atoms with Gasteiger partial charge in [-0.1, -0.05) is 35.9 Å². The van der Waals surface area contributed by atoms with Gasteiger partial charge in [0.15, 0.2) is 0 Å². The van der Waals surface area contributed by atoms with Gasteiger partial charge in [0.05, 0.1) is 4.47 Å². The number of aliphatic hydroxyl groups is 1. The molecule has 0 aliphatic rings. The molecule has 0 bridgehead atoms. The van der Waals surface area contributed by atoms with Crippen LogP contribution in [0.5, 0.6) is 0 Å². The normalized spacial score (nSPS) is 12.5. The second kappa shape index (κ2) is 4.98. The summed E-state index contributed by atoms with van der Waals surface area (Å²) in [5, 5.41) is 10.2. The summed E-state index contributed by atoms with van der Waals surface area (Å²) in [5.74, 6) is -0.329. The average Bonchev–Trinajstić information content (AvgIpc) is 2.32. The van der Waals surface area contributed by atoms with E-state index in [1.165, 1.54) is 6.07 Å². The third-order valence-electron chi connectivity index (χ3n) is 2.62. The first-order chi connectivity index (χ1) is 8.08. The van der Waals surface area contributed by atoms with Crippen molar-refractivity contribution >= 4 is 15.9 Å². The molecule has 2 aromatic rings. The predicted octanol–water partition coefficient (Wildman–Crippen LogP) is 3.98. The summed E-state index contributed by atoms with van der Waals surface area (Å²) in [6, 6.07) is 12.2. The first-order valence-electron chi connectivity index (χ1n) is 5.27. The van der Waals surface area contributed by atoms with Gasteiger partial charge in [0, 0.05) is 0 Å². The van der Waals surface area contributed by atoms with Crippen LogP contribution < -0.4 is 0 Å². The average molecular weight is 295 g/mol. The molecule has 0 aliphatic carbocycles. The summed E-state index contributed by atoms with van der Waals surface area (Å²) in [6.45, 7) is 1.97. The highest BCUT2D eigenvalue weighted by molar-refractivity contribution is 9.10. The van der Waals surface area contributed by atoms with Gasteiger partial charge in [-0.2, -0.15) is 0 Å². The summed E-state index contributed by atoms with van der Waals surface area (Å²) < 4.78 is 13.5. The van der Waals surface area contributed by atoms with Crippen LogP contribution in [0.2, 0.25) is 0 Å². The van der Waals surface area contributed by atoms with Crippen molar-refractivity contribution in [3.8, 4) is 0 Å². The van der Waals surface area contributed by atoms with Gasteiger partial charge in [0.1, 0.15) is 11.9 Å². The first kappa shape index (κ1) is 12.3. The summed E-state index contributed by atoms with van der Waals surface area (Å²) in [6.07, 6.45) is -0.730. The molecule has 88 valence electrons. The zero-order valence-corrected chi connectivity index (χ0v) is 10.9. The summed E-state index contributed by atoms with van der Waals surface area (Å²) in [5.41, 5.74) is 2.56. The SMILES string of the molecule is Cc1cccc(C(O)c2ccc(F)c(Br)c2)c1. The molecule has 0 aromatic heterocycles. The highest BCUT2D eigenvalue weighted by Gasteiger charge is 2.12. The molecule has 1 N–H and O–H groups in total. The van der Waals surface area contributed by atoms with E-state index in [1.807, 2.05) is 31.2 Å². The quantitative estimate of drug-likeness (QED) is 0.888. The van der Waals surface area contributed by atoms with E-state index in [2.05, 4.69) is 15.9 Å². The zero-order valence-electron chi connectivity index (χ0n) is 9.32. The lowest BCUT2D eigenvalue weighted by Crippen LogP contribution is -2.00. The van der Waals surface area contributed by atoms with Crippen molar-refractivity contribution < 1.29 is 9.50 Å². The summed E-state index contributed by atoms with van der Waals surface area (Å²) >= 11 is 3.12. The predicted molar refractivity (Wildman–Crippen MR) is 69.3 cm³/mol. The van der Waals surface area contributed by atoms with E-state index in [0.29, 0.717) is 10.0 Å². The van der Waals surface area contributed by atoms with E-state index in [1.54, 1.807) is 12.1 Å². The number of aryl methyl sites for hydroxylation is 1. The molecule has 2 rings (SSSR count). The second-order valence-corrected chi connectivity index (χ2v) is 4.84. The Morgan fingerprint density at radius 3 is 2.47 bits per heavy atom. The number of halogens is 2. The number of rotatable bonds is 2. The van der Waals surface area contributed by atoms with E-state index in [9.17, 15) is 9.50 Å². The molecule has 0 aliphatic heterocycles. The van der Waals surface area contributed by atoms with Crippen molar-refractivity contribution in [1.82, 2.24) is 0 Å². The molecule has 0 fully saturated rings. The van der Waals surface area contributed by atoms with E-state index in [0.717, 1.165) is 11.1 Å². The molecule has 1 nitrogen and oxygen atoms in total. The zero-order chi connectivity index (χ0) is 12.4. The molecule has 1 unspecified atom stereocenters. The van der Waals surface area contributed by atoms with Crippen molar-refractivity contribution in [2.24, 2.45) is 0 Å². The van der Waals surface area contributed by atoms with Crippen LogP contribution in [0.1, 0.15) is 22.8 Å². The van der Waals surface area contributed by atoms with E-state index >= 15 is 0 Å². The minimum absolute atomic E-state index is 0.329. The van der Waals surface area contributed by atoms with Crippen LogP contribution >= 0.6 is 15.9 Å². The van der Waals surface area contributed by atoms with Crippen LogP contribution in [0.4, 0.5) is 4.39 Å². The molecular formula is C14H12BrFO. The number of aliphatic hydroxyl groups excluding tert-OH is 1. The van der Waals surface area contributed by atoms with Gasteiger partial charge in [-0.25, -0.2) is 4.39 Å². The third kappa shape index (κ3) is 2.73. The van der Waals surface area contributed by atoms with Crippen molar-refractivity contribution in [3.63, 3.8) is 0 Å². The van der Waals surface area contributed by atoms with Crippen LogP contribution in [0, 0.1) is 12.7 Å². The lowest BCUT2D eigenvalue weighted by Gasteiger charge is -2.12. The van der Waals surface area contributed by atoms with Gasteiger partial charge in [-0.3, -0.25) is 0 Å². The molecule has 0 spiro atoms. The van der Waals surface area contributed by atoms with Gasteiger partial charge in [0.2, 0.25) is 0 Å². The molecule has 0 radical (unpaired) electrons. The molecule has 17 heavy (non-hydrogen) atoms. The van der Waals surface area contributed by atoms with Crippen LogP contribution in [-0.4, -0.2) is 5.11 Å². The molecule has 3 heteroatoms. The van der Waals surface area contributed by atoms with Crippen LogP contribution in [0.3, 0.4) is 0 Å². The Hall–Kier alpha value is -1.19.